The predicted octanol–water partition coefficient (Wildman–Crippen LogP) is 4.16. The first-order valence-electron chi connectivity index (χ1n) is 7.84. The molecule has 0 spiro atoms. The Kier molecular flexibility index (Phi) is 3.85. The molecule has 3 heteroatoms. The number of hydrogen-bond acceptors (Lipinski definition) is 3. The number of aryl methyl sites for hydroxylation is 3. The fourth-order valence-electron chi connectivity index (χ4n) is 3.35. The molecule has 0 atom stereocenters. The number of nitrogens with one attached hydrogen (secondary N) is 1. The SMILES string of the molecule is Cc1cccc(C2(NCc3nc(C)c(C)o3)CCCC2)c1. The van der Waals surface area contributed by atoms with E-state index in [1.54, 1.807) is 0 Å². The summed E-state index contributed by atoms with van der Waals surface area (Å²) >= 11 is 0. The summed E-state index contributed by atoms with van der Waals surface area (Å²) in [5.41, 5.74) is 3.80. The van der Waals surface area contributed by atoms with E-state index in [1.807, 2.05) is 13.8 Å². The van der Waals surface area contributed by atoms with Gasteiger partial charge >= 0.3 is 0 Å². The van der Waals surface area contributed by atoms with E-state index in [9.17, 15) is 0 Å². The van der Waals surface area contributed by atoms with Gasteiger partial charge in [0, 0.05) is 5.54 Å². The minimum Gasteiger partial charge on any atom is -0.444 e. The molecule has 21 heavy (non-hydrogen) atoms. The molecule has 0 radical (unpaired) electrons. The minimum absolute atomic E-state index is 0.0856. The lowest BCUT2D eigenvalue weighted by Crippen LogP contribution is -2.39. The van der Waals surface area contributed by atoms with E-state index in [0.29, 0.717) is 6.54 Å². The number of aromatic nitrogens is 1. The van der Waals surface area contributed by atoms with Gasteiger partial charge in [0.1, 0.15) is 5.76 Å². The second kappa shape index (κ2) is 5.64. The van der Waals surface area contributed by atoms with E-state index in [2.05, 4.69) is 41.5 Å². The highest BCUT2D eigenvalue weighted by molar-refractivity contribution is 5.30. The Morgan fingerprint density at radius 2 is 1.95 bits per heavy atom. The molecule has 1 heterocycles. The molecule has 1 aromatic heterocycles. The second-order valence-corrected chi connectivity index (χ2v) is 6.26. The van der Waals surface area contributed by atoms with Gasteiger partial charge in [-0.2, -0.15) is 0 Å². The molecule has 0 unspecified atom stereocenters. The largest absolute Gasteiger partial charge is 0.444 e. The molecule has 1 aromatic carbocycles. The van der Waals surface area contributed by atoms with Crippen LogP contribution in [0.5, 0.6) is 0 Å². The van der Waals surface area contributed by atoms with E-state index in [4.69, 9.17) is 4.42 Å². The van der Waals surface area contributed by atoms with Crippen molar-refractivity contribution in [2.45, 2.75) is 58.5 Å². The molecule has 0 aliphatic heterocycles. The van der Waals surface area contributed by atoms with Crippen molar-refractivity contribution >= 4 is 0 Å². The van der Waals surface area contributed by atoms with E-state index < -0.39 is 0 Å². The van der Waals surface area contributed by atoms with Crippen LogP contribution in [-0.4, -0.2) is 4.98 Å². The van der Waals surface area contributed by atoms with Gasteiger partial charge in [-0.05, 0) is 39.2 Å². The molecule has 1 aliphatic rings. The lowest BCUT2D eigenvalue weighted by atomic mass is 9.87. The fourth-order valence-corrected chi connectivity index (χ4v) is 3.35. The van der Waals surface area contributed by atoms with Crippen LogP contribution in [0.15, 0.2) is 28.7 Å². The van der Waals surface area contributed by atoms with Gasteiger partial charge in [-0.15, -0.1) is 0 Å². The molecule has 3 nitrogen and oxygen atoms in total. The lowest BCUT2D eigenvalue weighted by molar-refractivity contribution is 0.315. The number of hydrogen-bond donors (Lipinski definition) is 1. The zero-order valence-electron chi connectivity index (χ0n) is 13.2. The van der Waals surface area contributed by atoms with Crippen LogP contribution in [0.25, 0.3) is 0 Å². The summed E-state index contributed by atoms with van der Waals surface area (Å²) in [4.78, 5) is 4.48. The zero-order chi connectivity index (χ0) is 14.9. The third-order valence-corrected chi connectivity index (χ3v) is 4.68. The Morgan fingerprint density at radius 1 is 1.19 bits per heavy atom. The maximum absolute atomic E-state index is 5.71. The Labute approximate surface area is 126 Å². The molecule has 2 aromatic rings. The zero-order valence-corrected chi connectivity index (χ0v) is 13.2. The maximum Gasteiger partial charge on any atom is 0.208 e. The molecule has 1 fully saturated rings. The summed E-state index contributed by atoms with van der Waals surface area (Å²) < 4.78 is 5.71. The van der Waals surface area contributed by atoms with E-state index in [1.165, 1.54) is 36.8 Å². The molecular formula is C18H24N2O. The summed E-state index contributed by atoms with van der Waals surface area (Å²) in [6, 6.07) is 8.88. The molecule has 3 rings (SSSR count). The van der Waals surface area contributed by atoms with Gasteiger partial charge in [0.15, 0.2) is 0 Å². The Balaban J connectivity index is 1.81. The van der Waals surface area contributed by atoms with Crippen molar-refractivity contribution in [2.75, 3.05) is 0 Å². The quantitative estimate of drug-likeness (QED) is 0.916. The highest BCUT2D eigenvalue weighted by atomic mass is 16.4. The van der Waals surface area contributed by atoms with Crippen molar-refractivity contribution in [2.24, 2.45) is 0 Å². The topological polar surface area (TPSA) is 38.1 Å². The number of oxazole rings is 1. The van der Waals surface area contributed by atoms with E-state index in [-0.39, 0.29) is 5.54 Å². The van der Waals surface area contributed by atoms with Gasteiger partial charge in [-0.25, -0.2) is 4.98 Å². The first-order valence-corrected chi connectivity index (χ1v) is 7.84. The molecule has 1 saturated carbocycles. The number of benzene rings is 1. The van der Waals surface area contributed by atoms with Crippen LogP contribution < -0.4 is 5.32 Å². The van der Waals surface area contributed by atoms with Gasteiger partial charge in [0.2, 0.25) is 5.89 Å². The minimum atomic E-state index is 0.0856. The third kappa shape index (κ3) is 2.88. The Morgan fingerprint density at radius 3 is 2.57 bits per heavy atom. The molecule has 0 bridgehead atoms. The summed E-state index contributed by atoms with van der Waals surface area (Å²) in [5.74, 6) is 1.71. The standard InChI is InChI=1S/C18H24N2O/c1-13-7-6-8-16(11-13)18(9-4-5-10-18)19-12-17-20-14(2)15(3)21-17/h6-8,11,19H,4-5,9-10,12H2,1-3H3. The van der Waals surface area contributed by atoms with E-state index in [0.717, 1.165) is 17.3 Å². The van der Waals surface area contributed by atoms with Crippen LogP contribution in [0.2, 0.25) is 0 Å². The first kappa shape index (κ1) is 14.3. The van der Waals surface area contributed by atoms with Crippen LogP contribution in [-0.2, 0) is 12.1 Å². The summed E-state index contributed by atoms with van der Waals surface area (Å²) in [7, 11) is 0. The molecule has 1 N–H and O–H groups in total. The van der Waals surface area contributed by atoms with Gasteiger partial charge in [-0.3, -0.25) is 5.32 Å². The molecule has 0 saturated heterocycles. The molecule has 112 valence electrons. The highest BCUT2D eigenvalue weighted by Gasteiger charge is 2.35. The maximum atomic E-state index is 5.71. The molecule has 1 aliphatic carbocycles. The van der Waals surface area contributed by atoms with Gasteiger partial charge in [0.25, 0.3) is 0 Å². The summed E-state index contributed by atoms with van der Waals surface area (Å²) in [5, 5.41) is 3.74. The van der Waals surface area contributed by atoms with Crippen molar-refractivity contribution in [3.8, 4) is 0 Å². The number of nitrogens with zero attached hydrogens (tertiary/aromatic N) is 1. The Bertz CT molecular complexity index is 604. The van der Waals surface area contributed by atoms with Crippen LogP contribution in [0, 0.1) is 20.8 Å². The van der Waals surface area contributed by atoms with E-state index >= 15 is 0 Å². The van der Waals surface area contributed by atoms with Crippen LogP contribution in [0.3, 0.4) is 0 Å². The average molecular weight is 284 g/mol. The van der Waals surface area contributed by atoms with Crippen molar-refractivity contribution in [1.82, 2.24) is 10.3 Å². The van der Waals surface area contributed by atoms with Crippen molar-refractivity contribution < 1.29 is 4.42 Å². The van der Waals surface area contributed by atoms with Crippen molar-refractivity contribution in [3.05, 3.63) is 52.7 Å². The number of rotatable bonds is 4. The highest BCUT2D eigenvalue weighted by Crippen LogP contribution is 2.39. The molecule has 0 amide bonds. The summed E-state index contributed by atoms with van der Waals surface area (Å²) in [6.45, 7) is 6.82. The summed E-state index contributed by atoms with van der Waals surface area (Å²) in [6.07, 6.45) is 4.94. The monoisotopic (exact) mass is 284 g/mol. The van der Waals surface area contributed by atoms with Gasteiger partial charge in [-0.1, -0.05) is 42.7 Å². The van der Waals surface area contributed by atoms with Gasteiger partial charge in [0.05, 0.1) is 12.2 Å². The smallest absolute Gasteiger partial charge is 0.208 e. The Hall–Kier alpha value is -1.61. The predicted molar refractivity (Wildman–Crippen MR) is 84.1 cm³/mol. The van der Waals surface area contributed by atoms with Crippen LogP contribution >= 0.6 is 0 Å². The second-order valence-electron chi connectivity index (χ2n) is 6.26. The third-order valence-electron chi connectivity index (χ3n) is 4.68. The normalized spacial score (nSPS) is 17.3. The van der Waals surface area contributed by atoms with Crippen molar-refractivity contribution in [1.29, 1.82) is 0 Å². The fraction of sp³-hybridized carbons (Fsp3) is 0.500. The van der Waals surface area contributed by atoms with Crippen LogP contribution in [0.1, 0.15) is 54.2 Å². The molecular weight excluding hydrogens is 260 g/mol. The van der Waals surface area contributed by atoms with Crippen molar-refractivity contribution in [3.63, 3.8) is 0 Å². The van der Waals surface area contributed by atoms with Crippen LogP contribution in [0.4, 0.5) is 0 Å². The first-order chi connectivity index (χ1) is 10.1. The lowest BCUT2D eigenvalue weighted by Gasteiger charge is -2.31. The average Bonchev–Trinajstić information content (AvgIpc) is 3.05. The van der Waals surface area contributed by atoms with Gasteiger partial charge < -0.3 is 4.42 Å².